The van der Waals surface area contributed by atoms with Crippen LogP contribution in [0.25, 0.3) is 0 Å². The number of para-hydroxylation sites is 2. The molecule has 27 heavy (non-hydrogen) atoms. The van der Waals surface area contributed by atoms with E-state index >= 15 is 0 Å². The van der Waals surface area contributed by atoms with Crippen LogP contribution in [0.15, 0.2) is 36.7 Å². The molecule has 1 aliphatic rings. The number of hydrogen-bond acceptors (Lipinski definition) is 6. The molecule has 1 aromatic heterocycles. The molecule has 0 aliphatic carbocycles. The Balaban J connectivity index is 1.63. The second-order valence-electron chi connectivity index (χ2n) is 6.40. The van der Waals surface area contributed by atoms with Crippen molar-refractivity contribution >= 4 is 17.5 Å². The van der Waals surface area contributed by atoms with Crippen LogP contribution in [0.5, 0.6) is 5.75 Å². The normalized spacial score (nSPS) is 14.2. The van der Waals surface area contributed by atoms with E-state index in [4.69, 9.17) is 4.74 Å². The Morgan fingerprint density at radius 1 is 1.07 bits per heavy atom. The Morgan fingerprint density at radius 2 is 1.70 bits per heavy atom. The number of piperazine rings is 1. The molecular weight excluding hydrogens is 342 g/mol. The third-order valence-corrected chi connectivity index (χ3v) is 4.92. The summed E-state index contributed by atoms with van der Waals surface area (Å²) in [5.74, 6) is 1.51. The third kappa shape index (κ3) is 4.13. The summed E-state index contributed by atoms with van der Waals surface area (Å²) in [6.45, 7) is 8.67. The SMILES string of the molecule is CCN(CC)c1ncc(C(=O)N2CCN(c3ccccc3OC)CC2)cn1. The van der Waals surface area contributed by atoms with Gasteiger partial charge in [0.15, 0.2) is 0 Å². The Kier molecular flexibility index (Phi) is 6.11. The van der Waals surface area contributed by atoms with Crippen molar-refractivity contribution in [1.29, 1.82) is 0 Å². The minimum Gasteiger partial charge on any atom is -0.495 e. The lowest BCUT2D eigenvalue weighted by atomic mass is 10.2. The van der Waals surface area contributed by atoms with Gasteiger partial charge in [-0.25, -0.2) is 9.97 Å². The second kappa shape index (κ2) is 8.70. The van der Waals surface area contributed by atoms with Gasteiger partial charge in [-0.1, -0.05) is 12.1 Å². The largest absolute Gasteiger partial charge is 0.495 e. The summed E-state index contributed by atoms with van der Waals surface area (Å²) in [5, 5.41) is 0. The zero-order valence-electron chi connectivity index (χ0n) is 16.3. The highest BCUT2D eigenvalue weighted by molar-refractivity contribution is 5.93. The molecule has 144 valence electrons. The van der Waals surface area contributed by atoms with E-state index in [0.29, 0.717) is 24.6 Å². The lowest BCUT2D eigenvalue weighted by molar-refractivity contribution is 0.0746. The van der Waals surface area contributed by atoms with Crippen LogP contribution in [0.3, 0.4) is 0 Å². The monoisotopic (exact) mass is 369 g/mol. The zero-order chi connectivity index (χ0) is 19.2. The quantitative estimate of drug-likeness (QED) is 0.779. The van der Waals surface area contributed by atoms with Gasteiger partial charge >= 0.3 is 0 Å². The van der Waals surface area contributed by atoms with Crippen LogP contribution in [0.4, 0.5) is 11.6 Å². The average molecular weight is 369 g/mol. The van der Waals surface area contributed by atoms with E-state index in [9.17, 15) is 4.79 Å². The average Bonchev–Trinajstić information content (AvgIpc) is 2.74. The first-order valence-corrected chi connectivity index (χ1v) is 9.42. The summed E-state index contributed by atoms with van der Waals surface area (Å²) in [6, 6.07) is 7.98. The lowest BCUT2D eigenvalue weighted by Crippen LogP contribution is -2.49. The van der Waals surface area contributed by atoms with Crippen molar-refractivity contribution in [2.75, 3.05) is 56.2 Å². The number of benzene rings is 1. The molecule has 7 nitrogen and oxygen atoms in total. The third-order valence-electron chi connectivity index (χ3n) is 4.92. The van der Waals surface area contributed by atoms with Crippen molar-refractivity contribution in [2.45, 2.75) is 13.8 Å². The van der Waals surface area contributed by atoms with Crippen molar-refractivity contribution in [3.05, 3.63) is 42.2 Å². The summed E-state index contributed by atoms with van der Waals surface area (Å²) in [5.41, 5.74) is 1.61. The van der Waals surface area contributed by atoms with Crippen LogP contribution in [-0.2, 0) is 0 Å². The summed E-state index contributed by atoms with van der Waals surface area (Å²) in [7, 11) is 1.68. The van der Waals surface area contributed by atoms with Crippen LogP contribution in [-0.4, -0.2) is 67.2 Å². The molecule has 1 amide bonds. The van der Waals surface area contributed by atoms with E-state index in [0.717, 1.165) is 37.6 Å². The highest BCUT2D eigenvalue weighted by Crippen LogP contribution is 2.28. The molecule has 1 fully saturated rings. The lowest BCUT2D eigenvalue weighted by Gasteiger charge is -2.36. The molecule has 1 aromatic carbocycles. The smallest absolute Gasteiger partial charge is 0.257 e. The van der Waals surface area contributed by atoms with Gasteiger partial charge in [0.1, 0.15) is 5.75 Å². The van der Waals surface area contributed by atoms with Crippen molar-refractivity contribution in [3.8, 4) is 5.75 Å². The van der Waals surface area contributed by atoms with Gasteiger partial charge in [-0.15, -0.1) is 0 Å². The predicted octanol–water partition coefficient (Wildman–Crippen LogP) is 2.29. The molecule has 0 atom stereocenters. The van der Waals surface area contributed by atoms with E-state index in [1.54, 1.807) is 19.5 Å². The van der Waals surface area contributed by atoms with Crippen LogP contribution in [0, 0.1) is 0 Å². The molecule has 1 saturated heterocycles. The summed E-state index contributed by atoms with van der Waals surface area (Å²) < 4.78 is 5.45. The number of methoxy groups -OCH3 is 1. The summed E-state index contributed by atoms with van der Waals surface area (Å²) in [4.78, 5) is 27.7. The maximum Gasteiger partial charge on any atom is 0.257 e. The fourth-order valence-corrected chi connectivity index (χ4v) is 3.33. The Morgan fingerprint density at radius 3 is 2.30 bits per heavy atom. The van der Waals surface area contributed by atoms with Crippen molar-refractivity contribution < 1.29 is 9.53 Å². The number of carbonyl (C=O) groups is 1. The number of carbonyl (C=O) groups excluding carboxylic acids is 1. The molecule has 3 rings (SSSR count). The van der Waals surface area contributed by atoms with Gasteiger partial charge in [-0.2, -0.15) is 0 Å². The maximum atomic E-state index is 12.8. The molecule has 0 bridgehead atoms. The van der Waals surface area contributed by atoms with Gasteiger partial charge in [-0.05, 0) is 26.0 Å². The molecule has 0 radical (unpaired) electrons. The predicted molar refractivity (Wildman–Crippen MR) is 107 cm³/mol. The zero-order valence-corrected chi connectivity index (χ0v) is 16.3. The minimum atomic E-state index is -0.0132. The highest BCUT2D eigenvalue weighted by atomic mass is 16.5. The van der Waals surface area contributed by atoms with Crippen LogP contribution >= 0.6 is 0 Å². The first-order chi connectivity index (χ1) is 13.2. The number of aromatic nitrogens is 2. The van der Waals surface area contributed by atoms with Gasteiger partial charge in [0.05, 0.1) is 18.4 Å². The van der Waals surface area contributed by atoms with Gasteiger partial charge in [0.2, 0.25) is 5.95 Å². The second-order valence-corrected chi connectivity index (χ2v) is 6.40. The fraction of sp³-hybridized carbons (Fsp3) is 0.450. The molecule has 1 aliphatic heterocycles. The number of ether oxygens (including phenoxy) is 1. The van der Waals surface area contributed by atoms with Gasteiger partial charge in [0.25, 0.3) is 5.91 Å². The van der Waals surface area contributed by atoms with Gasteiger partial charge in [-0.3, -0.25) is 4.79 Å². The number of anilines is 2. The van der Waals surface area contributed by atoms with Gasteiger partial charge in [0, 0.05) is 51.7 Å². The van der Waals surface area contributed by atoms with Crippen LogP contribution in [0.1, 0.15) is 24.2 Å². The topological polar surface area (TPSA) is 61.8 Å². The molecule has 0 unspecified atom stereocenters. The van der Waals surface area contributed by atoms with E-state index < -0.39 is 0 Å². The molecule has 2 heterocycles. The summed E-state index contributed by atoms with van der Waals surface area (Å²) in [6.07, 6.45) is 3.27. The fourth-order valence-electron chi connectivity index (χ4n) is 3.33. The molecular formula is C20H27N5O2. The standard InChI is InChI=1S/C20H27N5O2/c1-4-23(5-2)20-21-14-16(15-22-20)19(26)25-12-10-24(11-13-25)17-8-6-7-9-18(17)27-3/h6-9,14-15H,4-5,10-13H2,1-3H3. The Bertz CT molecular complexity index is 753. The number of amides is 1. The number of rotatable bonds is 6. The molecule has 2 aromatic rings. The van der Waals surface area contributed by atoms with Crippen molar-refractivity contribution in [3.63, 3.8) is 0 Å². The first kappa shape index (κ1) is 18.9. The first-order valence-electron chi connectivity index (χ1n) is 9.42. The van der Waals surface area contributed by atoms with Crippen LogP contribution in [0.2, 0.25) is 0 Å². The number of hydrogen-bond donors (Lipinski definition) is 0. The van der Waals surface area contributed by atoms with Crippen molar-refractivity contribution in [1.82, 2.24) is 14.9 Å². The van der Waals surface area contributed by atoms with E-state index in [-0.39, 0.29) is 5.91 Å². The summed E-state index contributed by atoms with van der Waals surface area (Å²) >= 11 is 0. The molecule has 0 spiro atoms. The van der Waals surface area contributed by atoms with E-state index in [1.165, 1.54) is 0 Å². The minimum absolute atomic E-state index is 0.0132. The van der Waals surface area contributed by atoms with Crippen molar-refractivity contribution in [2.24, 2.45) is 0 Å². The van der Waals surface area contributed by atoms with E-state index in [2.05, 4.69) is 39.7 Å². The van der Waals surface area contributed by atoms with Gasteiger partial charge < -0.3 is 19.4 Å². The number of nitrogens with zero attached hydrogens (tertiary/aromatic N) is 5. The highest BCUT2D eigenvalue weighted by Gasteiger charge is 2.24. The van der Waals surface area contributed by atoms with E-state index in [1.807, 2.05) is 23.1 Å². The maximum absolute atomic E-state index is 12.8. The molecule has 7 heteroatoms. The van der Waals surface area contributed by atoms with Crippen LogP contribution < -0.4 is 14.5 Å². The Hall–Kier alpha value is -2.83. The molecule has 0 N–H and O–H groups in total. The Labute approximate surface area is 160 Å². The molecule has 0 saturated carbocycles.